The van der Waals surface area contributed by atoms with Crippen LogP contribution in [0.3, 0.4) is 0 Å². The van der Waals surface area contributed by atoms with Crippen LogP contribution in [0, 0.1) is 12.8 Å². The summed E-state index contributed by atoms with van der Waals surface area (Å²) in [6.07, 6.45) is 6.88. The highest BCUT2D eigenvalue weighted by Crippen LogP contribution is 2.39. The van der Waals surface area contributed by atoms with Gasteiger partial charge in [0.05, 0.1) is 29.7 Å². The number of methoxy groups -OCH3 is 1. The fraction of sp³-hybridized carbons (Fsp3) is 0.444. The Balaban J connectivity index is 1.45. The predicted molar refractivity (Wildman–Crippen MR) is 139 cm³/mol. The number of rotatable bonds is 8. The maximum absolute atomic E-state index is 12.7. The number of aryl methyl sites for hydroxylation is 2. The number of hydrogen-bond donors (Lipinski definition) is 1. The summed E-state index contributed by atoms with van der Waals surface area (Å²) in [5.74, 6) is 2.45. The lowest BCUT2D eigenvalue weighted by atomic mass is 10.1. The molecule has 1 unspecified atom stereocenters. The van der Waals surface area contributed by atoms with E-state index in [1.165, 1.54) is 0 Å². The Morgan fingerprint density at radius 1 is 1.19 bits per heavy atom. The molecule has 1 aliphatic heterocycles. The molecule has 3 aromatic heterocycles. The second-order valence-electron chi connectivity index (χ2n) is 9.85. The van der Waals surface area contributed by atoms with Gasteiger partial charge in [-0.3, -0.25) is 14.0 Å². The Hall–Kier alpha value is -3.79. The third-order valence-corrected chi connectivity index (χ3v) is 7.04. The minimum atomic E-state index is -0.110. The molecule has 6 rings (SSSR count). The molecule has 37 heavy (non-hydrogen) atoms. The molecule has 1 aromatic carbocycles. The first-order valence-electron chi connectivity index (χ1n) is 12.8. The molecule has 0 spiro atoms. The SMILES string of the molecule is COc1c(Nc2cc(CC(=O)C3CC3)nc3c2nc(C)n3C2CCCCO2)cccc1-c1ncn(C)n1. The summed E-state index contributed by atoms with van der Waals surface area (Å²) in [6, 6.07) is 7.75. The van der Waals surface area contributed by atoms with Gasteiger partial charge in [-0.25, -0.2) is 15.0 Å². The number of nitrogens with zero attached hydrogens (tertiary/aromatic N) is 6. The van der Waals surface area contributed by atoms with E-state index in [9.17, 15) is 4.79 Å². The number of fused-ring (bicyclic) bond motifs is 1. The van der Waals surface area contributed by atoms with E-state index in [1.807, 2.05) is 38.2 Å². The zero-order chi connectivity index (χ0) is 25.5. The number of para-hydroxylation sites is 1. The lowest BCUT2D eigenvalue weighted by Gasteiger charge is -2.25. The average molecular weight is 502 g/mol. The zero-order valence-electron chi connectivity index (χ0n) is 21.4. The van der Waals surface area contributed by atoms with Crippen LogP contribution >= 0.6 is 0 Å². The second kappa shape index (κ2) is 9.59. The van der Waals surface area contributed by atoms with Crippen molar-refractivity contribution in [3.8, 4) is 17.1 Å². The Morgan fingerprint density at radius 2 is 2.05 bits per heavy atom. The molecule has 0 bridgehead atoms. The normalized spacial score (nSPS) is 17.8. The van der Waals surface area contributed by atoms with E-state index < -0.39 is 0 Å². The number of ether oxygens (including phenoxy) is 2. The summed E-state index contributed by atoms with van der Waals surface area (Å²) in [5, 5.41) is 7.97. The van der Waals surface area contributed by atoms with Crippen LogP contribution in [0.25, 0.3) is 22.6 Å². The standard InChI is InChI=1S/C27H31N7O3/c1-16-29-24-21(31-20-8-6-7-19(25(20)36-3)26-28-15-33(2)32-26)13-18(14-22(35)17-10-11-17)30-27(24)34(16)23-9-4-5-12-37-23/h6-8,13,15,17,23H,4-5,9-12,14H2,1-3H3,(H,30,31). The molecule has 4 aromatic rings. The van der Waals surface area contributed by atoms with Gasteiger partial charge in [0.1, 0.15) is 29.7 Å². The van der Waals surface area contributed by atoms with Gasteiger partial charge in [-0.1, -0.05) is 6.07 Å². The zero-order valence-corrected chi connectivity index (χ0v) is 21.4. The van der Waals surface area contributed by atoms with E-state index in [1.54, 1.807) is 18.1 Å². The maximum Gasteiger partial charge on any atom is 0.184 e. The molecule has 10 heteroatoms. The fourth-order valence-corrected chi connectivity index (χ4v) is 5.05. The second-order valence-corrected chi connectivity index (χ2v) is 9.85. The summed E-state index contributed by atoms with van der Waals surface area (Å²) in [6.45, 7) is 2.70. The largest absolute Gasteiger partial charge is 0.494 e. The topological polar surface area (TPSA) is 109 Å². The van der Waals surface area contributed by atoms with Crippen LogP contribution in [0.15, 0.2) is 30.6 Å². The molecule has 1 aliphatic carbocycles. The summed E-state index contributed by atoms with van der Waals surface area (Å²) in [5.41, 5.74) is 4.49. The van der Waals surface area contributed by atoms with E-state index in [0.29, 0.717) is 18.0 Å². The number of benzene rings is 1. The van der Waals surface area contributed by atoms with Crippen molar-refractivity contribution in [3.63, 3.8) is 0 Å². The van der Waals surface area contributed by atoms with Crippen LogP contribution in [0.2, 0.25) is 0 Å². The molecular weight excluding hydrogens is 470 g/mol. The molecule has 192 valence electrons. The minimum absolute atomic E-state index is 0.110. The monoisotopic (exact) mass is 501 g/mol. The first-order valence-corrected chi connectivity index (χ1v) is 12.8. The van der Waals surface area contributed by atoms with Crippen molar-refractivity contribution in [2.45, 2.75) is 51.7 Å². The van der Waals surface area contributed by atoms with Crippen LogP contribution in [0.4, 0.5) is 11.4 Å². The number of hydrogen-bond acceptors (Lipinski definition) is 8. The highest BCUT2D eigenvalue weighted by atomic mass is 16.5. The molecule has 1 saturated heterocycles. The van der Waals surface area contributed by atoms with Gasteiger partial charge in [-0.2, -0.15) is 5.10 Å². The number of carbonyl (C=O) groups is 1. The Labute approximate surface area is 215 Å². The highest BCUT2D eigenvalue weighted by Gasteiger charge is 2.30. The Bertz CT molecular complexity index is 1460. The van der Waals surface area contributed by atoms with Crippen molar-refractivity contribution in [2.24, 2.45) is 13.0 Å². The number of nitrogens with one attached hydrogen (secondary N) is 1. The number of Topliss-reactive ketones (excluding diaryl/α,β-unsaturated/α-hetero) is 1. The summed E-state index contributed by atoms with van der Waals surface area (Å²) >= 11 is 0. The van der Waals surface area contributed by atoms with Crippen molar-refractivity contribution < 1.29 is 14.3 Å². The average Bonchev–Trinajstić information content (AvgIpc) is 3.58. The number of carbonyl (C=O) groups excluding carboxylic acids is 1. The molecule has 2 fully saturated rings. The van der Waals surface area contributed by atoms with Gasteiger partial charge in [-0.05, 0) is 57.2 Å². The summed E-state index contributed by atoms with van der Waals surface area (Å²) in [4.78, 5) is 27.0. The Morgan fingerprint density at radius 3 is 2.76 bits per heavy atom. The van der Waals surface area contributed by atoms with Gasteiger partial charge in [0.2, 0.25) is 0 Å². The Kier molecular flexibility index (Phi) is 6.11. The van der Waals surface area contributed by atoms with Crippen LogP contribution < -0.4 is 10.1 Å². The van der Waals surface area contributed by atoms with Crippen molar-refractivity contribution in [3.05, 3.63) is 42.1 Å². The van der Waals surface area contributed by atoms with E-state index >= 15 is 0 Å². The molecule has 0 amide bonds. The molecule has 1 N–H and O–H groups in total. The van der Waals surface area contributed by atoms with Crippen LogP contribution in [0.1, 0.15) is 49.9 Å². The van der Waals surface area contributed by atoms with Crippen molar-refractivity contribution in [1.82, 2.24) is 29.3 Å². The summed E-state index contributed by atoms with van der Waals surface area (Å²) in [7, 11) is 3.46. The number of aromatic nitrogens is 6. The van der Waals surface area contributed by atoms with Gasteiger partial charge < -0.3 is 14.8 Å². The van der Waals surface area contributed by atoms with E-state index in [-0.39, 0.29) is 17.9 Å². The van der Waals surface area contributed by atoms with Crippen molar-refractivity contribution >= 4 is 28.3 Å². The first-order chi connectivity index (χ1) is 18.0. The van der Waals surface area contributed by atoms with E-state index in [2.05, 4.69) is 20.0 Å². The van der Waals surface area contributed by atoms with Gasteiger partial charge in [0.25, 0.3) is 0 Å². The van der Waals surface area contributed by atoms with Gasteiger partial charge in [0, 0.05) is 26.0 Å². The third-order valence-electron chi connectivity index (χ3n) is 7.04. The molecule has 0 radical (unpaired) electrons. The molecule has 2 aliphatic rings. The minimum Gasteiger partial charge on any atom is -0.494 e. The van der Waals surface area contributed by atoms with Gasteiger partial charge in [-0.15, -0.1) is 0 Å². The highest BCUT2D eigenvalue weighted by molar-refractivity contribution is 5.92. The predicted octanol–water partition coefficient (Wildman–Crippen LogP) is 4.51. The smallest absolute Gasteiger partial charge is 0.184 e. The molecule has 1 atom stereocenters. The number of anilines is 2. The lowest BCUT2D eigenvalue weighted by molar-refractivity contribution is -0.119. The quantitative estimate of drug-likeness (QED) is 0.376. The van der Waals surface area contributed by atoms with Crippen molar-refractivity contribution in [1.29, 1.82) is 0 Å². The van der Waals surface area contributed by atoms with Gasteiger partial charge in [0.15, 0.2) is 17.2 Å². The number of imidazole rings is 1. The van der Waals surface area contributed by atoms with Crippen LogP contribution in [-0.2, 0) is 23.0 Å². The third kappa shape index (κ3) is 4.57. The van der Waals surface area contributed by atoms with E-state index in [0.717, 1.165) is 78.3 Å². The van der Waals surface area contributed by atoms with Crippen LogP contribution in [-0.4, -0.2) is 48.8 Å². The molecule has 4 heterocycles. The first kappa shape index (κ1) is 23.6. The lowest BCUT2D eigenvalue weighted by Crippen LogP contribution is -2.19. The number of ketones is 1. The maximum atomic E-state index is 12.7. The molecule has 1 saturated carbocycles. The van der Waals surface area contributed by atoms with E-state index in [4.69, 9.17) is 19.4 Å². The molecular formula is C27H31N7O3. The summed E-state index contributed by atoms with van der Waals surface area (Å²) < 4.78 is 15.7. The molecule has 10 nitrogen and oxygen atoms in total. The van der Waals surface area contributed by atoms with Crippen molar-refractivity contribution in [2.75, 3.05) is 19.0 Å². The fourth-order valence-electron chi connectivity index (χ4n) is 5.05. The van der Waals surface area contributed by atoms with Crippen LogP contribution in [0.5, 0.6) is 5.75 Å². The van der Waals surface area contributed by atoms with Gasteiger partial charge >= 0.3 is 0 Å². The number of pyridine rings is 1.